The van der Waals surface area contributed by atoms with Crippen molar-refractivity contribution in [1.29, 1.82) is 0 Å². The Labute approximate surface area is 188 Å². The third-order valence-electron chi connectivity index (χ3n) is 6.08. The lowest BCUT2D eigenvalue weighted by Gasteiger charge is -2.10. The zero-order valence-corrected chi connectivity index (χ0v) is 19.4. The van der Waals surface area contributed by atoms with Gasteiger partial charge in [0, 0.05) is 6.54 Å². The molecule has 0 N–H and O–H groups in total. The van der Waals surface area contributed by atoms with Crippen molar-refractivity contribution in [2.24, 2.45) is 0 Å². The minimum Gasteiger partial charge on any atom is -0.486 e. The van der Waals surface area contributed by atoms with E-state index >= 15 is 0 Å². The second kappa shape index (κ2) is 13.9. The molecular formula is C28H40N2O. The molecule has 0 fully saturated rings. The SMILES string of the molecule is CCCCCCCCCCCCCCn1c(COc2ccccc2)nc2ccccc21. The molecule has 0 amide bonds. The van der Waals surface area contributed by atoms with Crippen LogP contribution in [-0.4, -0.2) is 9.55 Å². The summed E-state index contributed by atoms with van der Waals surface area (Å²) >= 11 is 0. The summed E-state index contributed by atoms with van der Waals surface area (Å²) < 4.78 is 8.35. The first-order valence-electron chi connectivity index (χ1n) is 12.5. The van der Waals surface area contributed by atoms with E-state index in [-0.39, 0.29) is 0 Å². The van der Waals surface area contributed by atoms with Gasteiger partial charge in [-0.15, -0.1) is 0 Å². The Morgan fingerprint density at radius 3 is 1.94 bits per heavy atom. The minimum absolute atomic E-state index is 0.511. The quantitative estimate of drug-likeness (QED) is 0.218. The Bertz CT molecular complexity index is 856. The molecule has 0 aliphatic carbocycles. The van der Waals surface area contributed by atoms with Gasteiger partial charge in [-0.3, -0.25) is 0 Å². The third kappa shape index (κ3) is 8.05. The van der Waals surface area contributed by atoms with Crippen LogP contribution in [0.4, 0.5) is 0 Å². The Morgan fingerprint density at radius 2 is 1.26 bits per heavy atom. The van der Waals surface area contributed by atoms with Gasteiger partial charge in [-0.1, -0.05) is 108 Å². The molecule has 0 atom stereocenters. The molecule has 0 saturated carbocycles. The van der Waals surface area contributed by atoms with Crippen molar-refractivity contribution in [3.8, 4) is 5.75 Å². The Morgan fingerprint density at radius 1 is 0.677 bits per heavy atom. The van der Waals surface area contributed by atoms with Gasteiger partial charge in [0.2, 0.25) is 0 Å². The lowest BCUT2D eigenvalue weighted by molar-refractivity contribution is 0.289. The number of para-hydroxylation sites is 3. The average molecular weight is 421 g/mol. The predicted molar refractivity (Wildman–Crippen MR) is 132 cm³/mol. The van der Waals surface area contributed by atoms with Crippen molar-refractivity contribution >= 4 is 11.0 Å². The largest absolute Gasteiger partial charge is 0.486 e. The van der Waals surface area contributed by atoms with Gasteiger partial charge in [-0.2, -0.15) is 0 Å². The van der Waals surface area contributed by atoms with Crippen LogP contribution in [0.1, 0.15) is 89.8 Å². The molecule has 1 heterocycles. The van der Waals surface area contributed by atoms with E-state index in [0.717, 1.165) is 23.6 Å². The molecule has 3 rings (SSSR count). The minimum atomic E-state index is 0.511. The molecule has 0 radical (unpaired) electrons. The van der Waals surface area contributed by atoms with Crippen molar-refractivity contribution in [2.45, 2.75) is 97.1 Å². The zero-order valence-electron chi connectivity index (χ0n) is 19.4. The smallest absolute Gasteiger partial charge is 0.147 e. The molecule has 168 valence electrons. The van der Waals surface area contributed by atoms with E-state index in [1.165, 1.54) is 82.6 Å². The highest BCUT2D eigenvalue weighted by Gasteiger charge is 2.11. The van der Waals surface area contributed by atoms with Gasteiger partial charge in [0.15, 0.2) is 0 Å². The number of hydrogen-bond donors (Lipinski definition) is 0. The van der Waals surface area contributed by atoms with E-state index in [2.05, 4.69) is 35.8 Å². The fourth-order valence-electron chi connectivity index (χ4n) is 4.26. The Kier molecular flexibility index (Phi) is 10.5. The van der Waals surface area contributed by atoms with Crippen LogP contribution in [0.15, 0.2) is 54.6 Å². The number of aryl methyl sites for hydroxylation is 1. The van der Waals surface area contributed by atoms with Crippen LogP contribution in [-0.2, 0) is 13.2 Å². The van der Waals surface area contributed by atoms with Crippen molar-refractivity contribution in [1.82, 2.24) is 9.55 Å². The molecule has 3 heteroatoms. The molecule has 0 aliphatic heterocycles. The van der Waals surface area contributed by atoms with Gasteiger partial charge < -0.3 is 9.30 Å². The molecule has 31 heavy (non-hydrogen) atoms. The second-order valence-corrected chi connectivity index (χ2v) is 8.66. The fourth-order valence-corrected chi connectivity index (χ4v) is 4.26. The lowest BCUT2D eigenvalue weighted by Crippen LogP contribution is -2.07. The van der Waals surface area contributed by atoms with E-state index in [1.54, 1.807) is 0 Å². The van der Waals surface area contributed by atoms with Gasteiger partial charge in [-0.25, -0.2) is 4.98 Å². The normalized spacial score (nSPS) is 11.3. The standard InChI is InChI=1S/C28H40N2O/c1-2-3-4-5-6-7-8-9-10-11-12-18-23-30-27-22-17-16-21-26(27)29-28(30)24-31-25-19-14-13-15-20-25/h13-17,19-22H,2-12,18,23-24H2,1H3. The maximum Gasteiger partial charge on any atom is 0.147 e. The van der Waals surface area contributed by atoms with E-state index in [0.29, 0.717) is 6.61 Å². The molecule has 0 aliphatic rings. The molecule has 0 bridgehead atoms. The zero-order chi connectivity index (χ0) is 21.6. The van der Waals surface area contributed by atoms with Crippen LogP contribution in [0.3, 0.4) is 0 Å². The Balaban J connectivity index is 1.38. The number of hydrogen-bond acceptors (Lipinski definition) is 2. The fraction of sp³-hybridized carbons (Fsp3) is 0.536. The number of fused-ring (bicyclic) bond motifs is 1. The first-order valence-corrected chi connectivity index (χ1v) is 12.5. The summed E-state index contributed by atoms with van der Waals surface area (Å²) in [6.07, 6.45) is 16.5. The van der Waals surface area contributed by atoms with Gasteiger partial charge in [0.1, 0.15) is 18.2 Å². The van der Waals surface area contributed by atoms with Crippen molar-refractivity contribution in [3.05, 3.63) is 60.4 Å². The first kappa shape index (κ1) is 23.4. The topological polar surface area (TPSA) is 27.1 Å². The van der Waals surface area contributed by atoms with Gasteiger partial charge in [0.25, 0.3) is 0 Å². The number of imidazole rings is 1. The molecule has 3 nitrogen and oxygen atoms in total. The Hall–Kier alpha value is -2.29. The summed E-state index contributed by atoms with van der Waals surface area (Å²) in [5, 5.41) is 0. The van der Waals surface area contributed by atoms with Crippen molar-refractivity contribution in [3.63, 3.8) is 0 Å². The molecule has 0 spiro atoms. The highest BCUT2D eigenvalue weighted by Crippen LogP contribution is 2.20. The maximum absolute atomic E-state index is 5.99. The number of nitrogens with zero attached hydrogens (tertiary/aromatic N) is 2. The summed E-state index contributed by atoms with van der Waals surface area (Å²) in [6, 6.07) is 18.5. The van der Waals surface area contributed by atoms with Gasteiger partial charge >= 0.3 is 0 Å². The number of benzene rings is 2. The van der Waals surface area contributed by atoms with Gasteiger partial charge in [0.05, 0.1) is 11.0 Å². The summed E-state index contributed by atoms with van der Waals surface area (Å²) in [4.78, 5) is 4.84. The average Bonchev–Trinajstić information content (AvgIpc) is 3.16. The lowest BCUT2D eigenvalue weighted by atomic mass is 10.1. The van der Waals surface area contributed by atoms with E-state index < -0.39 is 0 Å². The summed E-state index contributed by atoms with van der Waals surface area (Å²) in [7, 11) is 0. The molecule has 0 saturated heterocycles. The van der Waals surface area contributed by atoms with Crippen LogP contribution in [0, 0.1) is 0 Å². The van der Waals surface area contributed by atoms with E-state index in [1.807, 2.05) is 30.3 Å². The van der Waals surface area contributed by atoms with Crippen LogP contribution >= 0.6 is 0 Å². The first-order chi connectivity index (χ1) is 15.4. The second-order valence-electron chi connectivity index (χ2n) is 8.66. The highest BCUT2D eigenvalue weighted by atomic mass is 16.5. The van der Waals surface area contributed by atoms with Crippen LogP contribution < -0.4 is 4.74 Å². The molecule has 1 aromatic heterocycles. The van der Waals surface area contributed by atoms with Crippen LogP contribution in [0.5, 0.6) is 5.75 Å². The van der Waals surface area contributed by atoms with Crippen LogP contribution in [0.25, 0.3) is 11.0 Å². The van der Waals surface area contributed by atoms with Crippen molar-refractivity contribution < 1.29 is 4.74 Å². The van der Waals surface area contributed by atoms with Gasteiger partial charge in [-0.05, 0) is 30.7 Å². The summed E-state index contributed by atoms with van der Waals surface area (Å²) in [6.45, 7) is 3.82. The number of rotatable bonds is 16. The monoisotopic (exact) mass is 420 g/mol. The molecule has 2 aromatic carbocycles. The predicted octanol–water partition coefficient (Wildman–Crippen LogP) is 8.32. The van der Waals surface area contributed by atoms with Crippen molar-refractivity contribution in [2.75, 3.05) is 0 Å². The van der Waals surface area contributed by atoms with Crippen LogP contribution in [0.2, 0.25) is 0 Å². The third-order valence-corrected chi connectivity index (χ3v) is 6.08. The summed E-state index contributed by atoms with van der Waals surface area (Å²) in [5.41, 5.74) is 2.28. The van der Waals surface area contributed by atoms with E-state index in [9.17, 15) is 0 Å². The number of aromatic nitrogens is 2. The molecule has 0 unspecified atom stereocenters. The number of ether oxygens (including phenoxy) is 1. The highest BCUT2D eigenvalue weighted by molar-refractivity contribution is 5.75. The maximum atomic E-state index is 5.99. The van der Waals surface area contributed by atoms with E-state index in [4.69, 9.17) is 9.72 Å². The summed E-state index contributed by atoms with van der Waals surface area (Å²) in [5.74, 6) is 1.92. The molecular weight excluding hydrogens is 380 g/mol. The molecule has 3 aromatic rings. The number of unbranched alkanes of at least 4 members (excludes halogenated alkanes) is 11.